The van der Waals surface area contributed by atoms with Gasteiger partial charge in [0.2, 0.25) is 0 Å². The van der Waals surface area contributed by atoms with E-state index in [4.69, 9.17) is 14.2 Å². The molecule has 0 radical (unpaired) electrons. The molecule has 0 amide bonds. The summed E-state index contributed by atoms with van der Waals surface area (Å²) in [6.07, 6.45) is 1.82. The van der Waals surface area contributed by atoms with Gasteiger partial charge in [-0.3, -0.25) is 14.2 Å². The number of aryl methyl sites for hydroxylation is 1. The number of nitrogens with zero attached hydrogens (tertiary/aromatic N) is 2. The zero-order valence-electron chi connectivity index (χ0n) is 21.4. The molecule has 0 aliphatic carbocycles. The van der Waals surface area contributed by atoms with Gasteiger partial charge < -0.3 is 14.2 Å². The second-order valence-electron chi connectivity index (χ2n) is 8.45. The average molecular weight is 521 g/mol. The molecule has 1 unspecified atom stereocenters. The van der Waals surface area contributed by atoms with Crippen LogP contribution in [0.15, 0.2) is 63.5 Å². The summed E-state index contributed by atoms with van der Waals surface area (Å²) in [5.74, 6) is -0.456. The summed E-state index contributed by atoms with van der Waals surface area (Å²) in [5.41, 5.74) is 3.06. The van der Waals surface area contributed by atoms with E-state index >= 15 is 0 Å². The van der Waals surface area contributed by atoms with Crippen LogP contribution in [-0.2, 0) is 14.3 Å². The highest BCUT2D eigenvalue weighted by molar-refractivity contribution is 7.07. The summed E-state index contributed by atoms with van der Waals surface area (Å²) >= 11 is 1.26. The first-order valence-corrected chi connectivity index (χ1v) is 12.8. The number of carbonyl (C=O) groups is 2. The van der Waals surface area contributed by atoms with Gasteiger partial charge in [-0.2, -0.15) is 0 Å². The van der Waals surface area contributed by atoms with Crippen LogP contribution in [0.2, 0.25) is 0 Å². The molecule has 9 heteroatoms. The minimum atomic E-state index is -0.805. The Labute approximate surface area is 218 Å². The van der Waals surface area contributed by atoms with Gasteiger partial charge in [-0.15, -0.1) is 0 Å². The molecule has 0 bridgehead atoms. The van der Waals surface area contributed by atoms with E-state index in [9.17, 15) is 14.4 Å². The normalized spacial score (nSPS) is 15.2. The van der Waals surface area contributed by atoms with Crippen LogP contribution in [0.5, 0.6) is 11.5 Å². The number of hydrogen-bond donors (Lipinski definition) is 0. The van der Waals surface area contributed by atoms with Crippen molar-refractivity contribution in [1.82, 2.24) is 4.57 Å². The fraction of sp³-hybridized carbons (Fsp3) is 0.286. The highest BCUT2D eigenvalue weighted by Gasteiger charge is 2.34. The van der Waals surface area contributed by atoms with Gasteiger partial charge in [0.15, 0.2) is 16.3 Å². The summed E-state index contributed by atoms with van der Waals surface area (Å²) in [7, 11) is 0. The molecule has 0 N–H and O–H groups in total. The first kappa shape index (κ1) is 26.1. The van der Waals surface area contributed by atoms with Gasteiger partial charge in [0.25, 0.3) is 5.56 Å². The summed E-state index contributed by atoms with van der Waals surface area (Å²) in [6.45, 7) is 9.08. The van der Waals surface area contributed by atoms with E-state index in [1.54, 1.807) is 32.0 Å². The lowest BCUT2D eigenvalue weighted by Gasteiger charge is -2.25. The SMILES string of the molecule is CCOC(=O)C1=C(C)N=c2s/c(=C/c3ccc(C)cc3)c(=O)n2C1c1ccc(OC(C)=O)c(OCC)c1. The molecule has 1 aliphatic rings. The first-order chi connectivity index (χ1) is 17.7. The summed E-state index contributed by atoms with van der Waals surface area (Å²) in [5, 5.41) is 0. The van der Waals surface area contributed by atoms with E-state index < -0.39 is 18.0 Å². The molecule has 4 rings (SSSR count). The molecule has 192 valence electrons. The van der Waals surface area contributed by atoms with Gasteiger partial charge in [0.1, 0.15) is 0 Å². The fourth-order valence-electron chi connectivity index (χ4n) is 4.12. The second-order valence-corrected chi connectivity index (χ2v) is 9.45. The van der Waals surface area contributed by atoms with Crippen molar-refractivity contribution >= 4 is 29.4 Å². The van der Waals surface area contributed by atoms with Crippen molar-refractivity contribution in [3.8, 4) is 11.5 Å². The van der Waals surface area contributed by atoms with Gasteiger partial charge in [-0.05, 0) is 57.0 Å². The van der Waals surface area contributed by atoms with E-state index in [0.717, 1.165) is 11.1 Å². The van der Waals surface area contributed by atoms with Gasteiger partial charge in [-0.1, -0.05) is 47.2 Å². The van der Waals surface area contributed by atoms with Crippen molar-refractivity contribution in [2.45, 2.75) is 40.7 Å². The van der Waals surface area contributed by atoms with E-state index in [2.05, 4.69) is 4.99 Å². The van der Waals surface area contributed by atoms with Crippen molar-refractivity contribution in [3.05, 3.63) is 90.1 Å². The predicted octanol–water partition coefficient (Wildman–Crippen LogP) is 3.43. The van der Waals surface area contributed by atoms with E-state index in [-0.39, 0.29) is 23.5 Å². The minimum absolute atomic E-state index is 0.176. The molecule has 0 fully saturated rings. The Kier molecular flexibility index (Phi) is 7.73. The molecule has 1 aromatic heterocycles. The highest BCUT2D eigenvalue weighted by atomic mass is 32.1. The third-order valence-electron chi connectivity index (χ3n) is 5.73. The van der Waals surface area contributed by atoms with Gasteiger partial charge >= 0.3 is 11.9 Å². The summed E-state index contributed by atoms with van der Waals surface area (Å²) in [6, 6.07) is 12.0. The van der Waals surface area contributed by atoms with Crippen LogP contribution >= 0.6 is 11.3 Å². The molecule has 1 atom stereocenters. The van der Waals surface area contributed by atoms with Crippen molar-refractivity contribution in [1.29, 1.82) is 0 Å². The summed E-state index contributed by atoms with van der Waals surface area (Å²) < 4.78 is 18.4. The third kappa shape index (κ3) is 5.41. The van der Waals surface area contributed by atoms with Crippen LogP contribution in [0.3, 0.4) is 0 Å². The molecule has 2 aromatic carbocycles. The summed E-state index contributed by atoms with van der Waals surface area (Å²) in [4.78, 5) is 43.5. The Balaban J connectivity index is 1.94. The number of esters is 2. The van der Waals surface area contributed by atoms with E-state index in [1.165, 1.54) is 22.8 Å². The molecule has 3 aromatic rings. The molecular weight excluding hydrogens is 492 g/mol. The van der Waals surface area contributed by atoms with Crippen molar-refractivity contribution in [2.75, 3.05) is 13.2 Å². The molecule has 8 nitrogen and oxygen atoms in total. The van der Waals surface area contributed by atoms with Crippen LogP contribution in [0.25, 0.3) is 6.08 Å². The van der Waals surface area contributed by atoms with Crippen LogP contribution < -0.4 is 24.4 Å². The number of thiazole rings is 1. The molecule has 2 heterocycles. The van der Waals surface area contributed by atoms with Crippen LogP contribution in [0, 0.1) is 6.92 Å². The number of ether oxygens (including phenoxy) is 3. The smallest absolute Gasteiger partial charge is 0.338 e. The molecule has 37 heavy (non-hydrogen) atoms. The number of carbonyl (C=O) groups excluding carboxylic acids is 2. The molecular formula is C28H28N2O6S. The Morgan fingerprint density at radius 1 is 1.05 bits per heavy atom. The fourth-order valence-corrected chi connectivity index (χ4v) is 5.17. The lowest BCUT2D eigenvalue weighted by molar-refractivity contribution is -0.139. The zero-order chi connectivity index (χ0) is 26.7. The van der Waals surface area contributed by atoms with E-state index in [0.29, 0.717) is 33.0 Å². The largest absolute Gasteiger partial charge is 0.490 e. The lowest BCUT2D eigenvalue weighted by Crippen LogP contribution is -2.40. The maximum atomic E-state index is 13.7. The number of allylic oxidation sites excluding steroid dienone is 1. The number of hydrogen-bond acceptors (Lipinski definition) is 8. The third-order valence-corrected chi connectivity index (χ3v) is 6.71. The highest BCUT2D eigenvalue weighted by Crippen LogP contribution is 2.36. The minimum Gasteiger partial charge on any atom is -0.490 e. The van der Waals surface area contributed by atoms with Crippen molar-refractivity contribution < 1.29 is 23.8 Å². The monoisotopic (exact) mass is 520 g/mol. The van der Waals surface area contributed by atoms with Gasteiger partial charge in [-0.25, -0.2) is 9.79 Å². The predicted molar refractivity (Wildman–Crippen MR) is 140 cm³/mol. The van der Waals surface area contributed by atoms with E-state index in [1.807, 2.05) is 44.2 Å². The quantitative estimate of drug-likeness (QED) is 0.350. The number of benzene rings is 2. The number of fused-ring (bicyclic) bond motifs is 1. The van der Waals surface area contributed by atoms with Gasteiger partial charge in [0.05, 0.1) is 35.1 Å². The van der Waals surface area contributed by atoms with Crippen LogP contribution in [-0.4, -0.2) is 29.7 Å². The molecule has 0 saturated heterocycles. The maximum absolute atomic E-state index is 13.7. The molecule has 0 spiro atoms. The Hall–Kier alpha value is -3.98. The standard InChI is InChI=1S/C28H28N2O6S/c1-6-34-22-15-20(12-13-21(22)36-18(5)31)25-24(27(33)35-7-2)17(4)29-28-30(25)26(32)23(37-28)14-19-10-8-16(3)9-11-19/h8-15,25H,6-7H2,1-5H3/b23-14+. The number of aromatic nitrogens is 1. The number of rotatable bonds is 7. The zero-order valence-corrected chi connectivity index (χ0v) is 22.2. The Morgan fingerprint density at radius 2 is 1.78 bits per heavy atom. The van der Waals surface area contributed by atoms with Crippen LogP contribution in [0.1, 0.15) is 50.4 Å². The Morgan fingerprint density at radius 3 is 2.43 bits per heavy atom. The lowest BCUT2D eigenvalue weighted by atomic mass is 9.95. The molecule has 0 saturated carbocycles. The van der Waals surface area contributed by atoms with Gasteiger partial charge in [0, 0.05) is 6.92 Å². The van der Waals surface area contributed by atoms with Crippen molar-refractivity contribution in [2.24, 2.45) is 4.99 Å². The van der Waals surface area contributed by atoms with Crippen LogP contribution in [0.4, 0.5) is 0 Å². The molecule has 1 aliphatic heterocycles. The average Bonchev–Trinajstić information content (AvgIpc) is 3.15. The van der Waals surface area contributed by atoms with Crippen molar-refractivity contribution in [3.63, 3.8) is 0 Å². The topological polar surface area (TPSA) is 96.2 Å². The first-order valence-electron chi connectivity index (χ1n) is 11.9. The second kappa shape index (κ2) is 11.0. The maximum Gasteiger partial charge on any atom is 0.338 e. The Bertz CT molecular complexity index is 1560.